The number of benzene rings is 2. The molecule has 2 heterocycles. The summed E-state index contributed by atoms with van der Waals surface area (Å²) in [5.74, 6) is 0.167. The van der Waals surface area contributed by atoms with Crippen LogP contribution < -0.4 is 10.2 Å². The highest BCUT2D eigenvalue weighted by Crippen LogP contribution is 2.45. The van der Waals surface area contributed by atoms with Crippen molar-refractivity contribution in [3.8, 4) is 0 Å². The number of hydrogen-bond donors (Lipinski definition) is 1. The van der Waals surface area contributed by atoms with Gasteiger partial charge < -0.3 is 15.1 Å². The number of nitrogens with one attached hydrogen (secondary N) is 1. The summed E-state index contributed by atoms with van der Waals surface area (Å²) in [7, 11) is 0. The average Bonchev–Trinajstić information content (AvgIpc) is 2.67. The van der Waals surface area contributed by atoms with Crippen molar-refractivity contribution < 1.29 is 4.79 Å². The molecule has 2 aliphatic rings. The minimum Gasteiger partial charge on any atom is -0.377 e. The third-order valence-corrected chi connectivity index (χ3v) is 6.32. The van der Waals surface area contributed by atoms with Gasteiger partial charge in [0.05, 0.1) is 6.04 Å². The summed E-state index contributed by atoms with van der Waals surface area (Å²) in [5.41, 5.74) is 5.07. The van der Waals surface area contributed by atoms with Crippen LogP contribution in [0.3, 0.4) is 0 Å². The van der Waals surface area contributed by atoms with E-state index in [1.807, 2.05) is 11.0 Å². The zero-order chi connectivity index (χ0) is 19.9. The summed E-state index contributed by atoms with van der Waals surface area (Å²) >= 11 is 6.20. The van der Waals surface area contributed by atoms with Crippen LogP contribution >= 0.6 is 11.6 Å². The second-order valence-corrected chi connectivity index (χ2v) is 9.07. The minimum absolute atomic E-state index is 0.0730. The molecule has 0 spiro atoms. The van der Waals surface area contributed by atoms with E-state index in [2.05, 4.69) is 60.5 Å². The quantitative estimate of drug-likeness (QED) is 0.794. The van der Waals surface area contributed by atoms with E-state index < -0.39 is 0 Å². The highest BCUT2D eigenvalue weighted by atomic mass is 35.5. The number of carbonyl (C=O) groups excluding carboxylic acids is 1. The Morgan fingerprint density at radius 3 is 2.57 bits per heavy atom. The molecule has 1 saturated heterocycles. The first-order valence-electron chi connectivity index (χ1n) is 9.99. The maximum absolute atomic E-state index is 11.6. The van der Waals surface area contributed by atoms with Crippen LogP contribution in [-0.2, 0) is 11.2 Å². The highest BCUT2D eigenvalue weighted by Gasteiger charge is 2.36. The predicted molar refractivity (Wildman–Crippen MR) is 116 cm³/mol. The van der Waals surface area contributed by atoms with Crippen molar-refractivity contribution in [2.24, 2.45) is 5.41 Å². The van der Waals surface area contributed by atoms with Gasteiger partial charge in [-0.3, -0.25) is 4.79 Å². The number of piperazine rings is 1. The van der Waals surface area contributed by atoms with Crippen LogP contribution in [0.4, 0.5) is 11.4 Å². The van der Waals surface area contributed by atoms with Gasteiger partial charge in [-0.1, -0.05) is 37.6 Å². The molecule has 28 heavy (non-hydrogen) atoms. The van der Waals surface area contributed by atoms with Gasteiger partial charge in [0.2, 0.25) is 5.91 Å². The molecule has 1 N–H and O–H groups in total. The SMILES string of the molecule is CC(=O)N1CCN(c2cccc(C3Nc4ccc(Cl)cc4CC3(C)C)c2)CC1. The lowest BCUT2D eigenvalue weighted by Gasteiger charge is -2.42. The molecule has 1 unspecified atom stereocenters. The molecule has 0 saturated carbocycles. The molecule has 1 amide bonds. The second-order valence-electron chi connectivity index (χ2n) is 8.63. The van der Waals surface area contributed by atoms with Gasteiger partial charge in [-0.25, -0.2) is 0 Å². The molecule has 5 heteroatoms. The van der Waals surface area contributed by atoms with Crippen molar-refractivity contribution in [3.05, 3.63) is 58.6 Å². The summed E-state index contributed by atoms with van der Waals surface area (Å²) in [6.07, 6.45) is 0.988. The molecule has 2 aliphatic heterocycles. The molecule has 4 nitrogen and oxygen atoms in total. The van der Waals surface area contributed by atoms with Crippen LogP contribution in [0.5, 0.6) is 0 Å². The smallest absolute Gasteiger partial charge is 0.219 e. The fourth-order valence-corrected chi connectivity index (χ4v) is 4.70. The van der Waals surface area contributed by atoms with Crippen molar-refractivity contribution in [1.82, 2.24) is 4.90 Å². The molecular weight excluding hydrogens is 370 g/mol. The van der Waals surface area contributed by atoms with Crippen molar-refractivity contribution >= 4 is 28.9 Å². The Bertz CT molecular complexity index is 887. The summed E-state index contributed by atoms with van der Waals surface area (Å²) in [4.78, 5) is 15.9. The Balaban J connectivity index is 1.57. The Morgan fingerprint density at radius 1 is 1.11 bits per heavy atom. The first kappa shape index (κ1) is 19.1. The van der Waals surface area contributed by atoms with Gasteiger partial charge in [0.25, 0.3) is 0 Å². The third-order valence-electron chi connectivity index (χ3n) is 6.09. The zero-order valence-electron chi connectivity index (χ0n) is 16.8. The number of hydrogen-bond acceptors (Lipinski definition) is 3. The maximum Gasteiger partial charge on any atom is 0.219 e. The van der Waals surface area contributed by atoms with Crippen LogP contribution in [0.15, 0.2) is 42.5 Å². The second kappa shape index (κ2) is 7.32. The summed E-state index contributed by atoms with van der Waals surface area (Å²) in [6.45, 7) is 9.62. The van der Waals surface area contributed by atoms with Crippen LogP contribution in [0.1, 0.15) is 37.9 Å². The third kappa shape index (κ3) is 3.70. The zero-order valence-corrected chi connectivity index (χ0v) is 17.6. The number of halogens is 1. The minimum atomic E-state index is 0.0730. The lowest BCUT2D eigenvalue weighted by Crippen LogP contribution is -2.48. The fourth-order valence-electron chi connectivity index (χ4n) is 4.51. The number of rotatable bonds is 2. The molecule has 148 valence electrons. The average molecular weight is 398 g/mol. The monoisotopic (exact) mass is 397 g/mol. The number of nitrogens with zero attached hydrogens (tertiary/aromatic N) is 2. The van der Waals surface area contributed by atoms with E-state index in [0.717, 1.165) is 37.6 Å². The molecule has 2 aromatic carbocycles. The van der Waals surface area contributed by atoms with Crippen LogP contribution in [0, 0.1) is 5.41 Å². The molecule has 2 aromatic rings. The van der Waals surface area contributed by atoms with E-state index in [9.17, 15) is 4.79 Å². The predicted octanol–water partition coefficient (Wildman–Crippen LogP) is 4.74. The maximum atomic E-state index is 11.6. The lowest BCUT2D eigenvalue weighted by molar-refractivity contribution is -0.129. The van der Waals surface area contributed by atoms with Crippen molar-refractivity contribution in [1.29, 1.82) is 0 Å². The molecular formula is C23H28ClN3O. The summed E-state index contributed by atoms with van der Waals surface area (Å²) in [5, 5.41) is 4.55. The van der Waals surface area contributed by atoms with Gasteiger partial charge in [-0.15, -0.1) is 0 Å². The normalized spacial score (nSPS) is 21.1. The van der Waals surface area contributed by atoms with Gasteiger partial charge in [-0.2, -0.15) is 0 Å². The molecule has 0 aromatic heterocycles. The van der Waals surface area contributed by atoms with E-state index in [4.69, 9.17) is 11.6 Å². The van der Waals surface area contributed by atoms with Crippen LogP contribution in [-0.4, -0.2) is 37.0 Å². The van der Waals surface area contributed by atoms with E-state index in [0.29, 0.717) is 0 Å². The van der Waals surface area contributed by atoms with Gasteiger partial charge in [0, 0.05) is 49.5 Å². The molecule has 0 radical (unpaired) electrons. The molecule has 1 atom stereocenters. The van der Waals surface area contributed by atoms with E-state index in [1.54, 1.807) is 6.92 Å². The topological polar surface area (TPSA) is 35.6 Å². The number of fused-ring (bicyclic) bond motifs is 1. The standard InChI is InChI=1S/C23H28ClN3O/c1-16(28)26-9-11-27(12-10-26)20-6-4-5-17(14-20)22-23(2,3)15-18-13-19(24)7-8-21(18)25-22/h4-8,13-14,22,25H,9-12,15H2,1-3H3. The van der Waals surface area contributed by atoms with E-state index in [1.165, 1.54) is 22.5 Å². The van der Waals surface area contributed by atoms with Gasteiger partial charge in [0.1, 0.15) is 0 Å². The van der Waals surface area contributed by atoms with E-state index in [-0.39, 0.29) is 17.4 Å². The lowest BCUT2D eigenvalue weighted by atomic mass is 9.73. The molecule has 0 bridgehead atoms. The van der Waals surface area contributed by atoms with Crippen molar-refractivity contribution in [3.63, 3.8) is 0 Å². The molecule has 1 fully saturated rings. The van der Waals surface area contributed by atoms with Crippen molar-refractivity contribution in [2.45, 2.75) is 33.2 Å². The van der Waals surface area contributed by atoms with Crippen molar-refractivity contribution in [2.75, 3.05) is 36.4 Å². The number of amides is 1. The fraction of sp³-hybridized carbons (Fsp3) is 0.435. The Kier molecular flexibility index (Phi) is 5.00. The molecule has 0 aliphatic carbocycles. The molecule has 4 rings (SSSR count). The first-order valence-corrected chi connectivity index (χ1v) is 10.4. The highest BCUT2D eigenvalue weighted by molar-refractivity contribution is 6.30. The largest absolute Gasteiger partial charge is 0.377 e. The van der Waals surface area contributed by atoms with Crippen LogP contribution in [0.2, 0.25) is 5.02 Å². The first-order chi connectivity index (χ1) is 13.3. The Hall–Kier alpha value is -2.20. The Labute approximate surface area is 172 Å². The van der Waals surface area contributed by atoms with Gasteiger partial charge in [0.15, 0.2) is 0 Å². The summed E-state index contributed by atoms with van der Waals surface area (Å²) < 4.78 is 0. The number of anilines is 2. The summed E-state index contributed by atoms with van der Waals surface area (Å²) in [6, 6.07) is 15.2. The van der Waals surface area contributed by atoms with E-state index >= 15 is 0 Å². The van der Waals surface area contributed by atoms with Crippen LogP contribution in [0.25, 0.3) is 0 Å². The number of carbonyl (C=O) groups is 1. The van der Waals surface area contributed by atoms with Gasteiger partial charge in [-0.05, 0) is 53.3 Å². The van der Waals surface area contributed by atoms with Gasteiger partial charge >= 0.3 is 0 Å². The Morgan fingerprint density at radius 2 is 1.86 bits per heavy atom.